The van der Waals surface area contributed by atoms with Crippen LogP contribution in [0.1, 0.15) is 18.4 Å². The molecule has 0 spiro atoms. The summed E-state index contributed by atoms with van der Waals surface area (Å²) in [5.74, 6) is 1.27. The van der Waals surface area contributed by atoms with E-state index in [1.54, 1.807) is 30.3 Å². The van der Waals surface area contributed by atoms with Gasteiger partial charge in [-0.1, -0.05) is 54.6 Å². The monoisotopic (exact) mass is 498 g/mol. The van der Waals surface area contributed by atoms with Crippen LogP contribution in [0.2, 0.25) is 0 Å². The largest absolute Gasteiger partial charge is 0.457 e. The second-order valence-electron chi connectivity index (χ2n) is 9.03. The van der Waals surface area contributed by atoms with E-state index < -0.39 is 0 Å². The first kappa shape index (κ1) is 26.0. The molecule has 0 aliphatic carbocycles. The van der Waals surface area contributed by atoms with Crippen molar-refractivity contribution in [3.05, 3.63) is 103 Å². The fraction of sp³-hybridized carbons (Fsp3) is 0.267. The number of anilines is 1. The predicted molar refractivity (Wildman–Crippen MR) is 147 cm³/mol. The van der Waals surface area contributed by atoms with Crippen LogP contribution < -0.4 is 20.7 Å². The lowest BCUT2D eigenvalue weighted by molar-refractivity contribution is -0.116. The number of para-hydroxylation sites is 1. The number of rotatable bonds is 11. The molecule has 3 amide bonds. The minimum Gasteiger partial charge on any atom is -0.457 e. The minimum atomic E-state index is -0.354. The number of nitrogens with zero attached hydrogens (tertiary/aromatic N) is 1. The maximum atomic E-state index is 12.8. The van der Waals surface area contributed by atoms with Gasteiger partial charge in [-0.2, -0.15) is 0 Å². The van der Waals surface area contributed by atoms with Crippen LogP contribution in [0.4, 0.5) is 10.5 Å². The lowest BCUT2D eigenvalue weighted by Crippen LogP contribution is -2.38. The Labute approximate surface area is 218 Å². The van der Waals surface area contributed by atoms with Gasteiger partial charge in [-0.25, -0.2) is 4.79 Å². The molecule has 1 saturated heterocycles. The van der Waals surface area contributed by atoms with E-state index in [0.29, 0.717) is 24.4 Å². The molecular weight excluding hydrogens is 464 g/mol. The van der Waals surface area contributed by atoms with Crippen molar-refractivity contribution in [3.8, 4) is 11.5 Å². The summed E-state index contributed by atoms with van der Waals surface area (Å²) in [5.41, 5.74) is 1.70. The number of hydrogen-bond donors (Lipinski definition) is 3. The maximum absolute atomic E-state index is 12.8. The molecule has 3 aromatic carbocycles. The zero-order chi connectivity index (χ0) is 25.7. The van der Waals surface area contributed by atoms with E-state index in [1.807, 2.05) is 60.7 Å². The van der Waals surface area contributed by atoms with E-state index in [1.165, 1.54) is 18.9 Å². The molecule has 0 unspecified atom stereocenters. The number of amides is 3. The maximum Gasteiger partial charge on any atom is 0.319 e. The normalized spacial score (nSPS) is 14.3. The molecule has 3 aromatic rings. The molecule has 0 saturated carbocycles. The van der Waals surface area contributed by atoms with E-state index in [0.717, 1.165) is 30.9 Å². The summed E-state index contributed by atoms with van der Waals surface area (Å²) in [6.07, 6.45) is 6.28. The van der Waals surface area contributed by atoms with Crippen molar-refractivity contribution in [2.45, 2.75) is 25.3 Å². The SMILES string of the molecule is O=C(/C=C/[C@H](Cc1ccccc1)NC(=O)Nc1ccc(Oc2ccccc2)cc1)NCCN1CCCC1. The Bertz CT molecular complexity index is 1140. The summed E-state index contributed by atoms with van der Waals surface area (Å²) < 4.78 is 5.80. The molecule has 0 radical (unpaired) electrons. The van der Waals surface area contributed by atoms with Crippen LogP contribution in [-0.2, 0) is 11.2 Å². The van der Waals surface area contributed by atoms with E-state index in [9.17, 15) is 9.59 Å². The van der Waals surface area contributed by atoms with Crippen LogP contribution in [-0.4, -0.2) is 49.1 Å². The fourth-order valence-electron chi connectivity index (χ4n) is 4.21. The third kappa shape index (κ3) is 9.13. The Morgan fingerprint density at radius 1 is 0.865 bits per heavy atom. The lowest BCUT2D eigenvalue weighted by atomic mass is 10.1. The molecule has 1 aliphatic rings. The molecule has 0 bridgehead atoms. The highest BCUT2D eigenvalue weighted by Crippen LogP contribution is 2.22. The van der Waals surface area contributed by atoms with Gasteiger partial charge in [0.1, 0.15) is 11.5 Å². The Balaban J connectivity index is 1.30. The molecule has 7 nitrogen and oxygen atoms in total. The zero-order valence-corrected chi connectivity index (χ0v) is 20.9. The quantitative estimate of drug-likeness (QED) is 0.326. The second-order valence-corrected chi connectivity index (χ2v) is 9.03. The van der Waals surface area contributed by atoms with Crippen LogP contribution >= 0.6 is 0 Å². The average molecular weight is 499 g/mol. The van der Waals surface area contributed by atoms with Crippen molar-refractivity contribution in [1.82, 2.24) is 15.5 Å². The van der Waals surface area contributed by atoms with Crippen LogP contribution in [0.25, 0.3) is 0 Å². The second kappa shape index (κ2) is 13.8. The van der Waals surface area contributed by atoms with Crippen LogP contribution in [0.3, 0.4) is 0 Å². The van der Waals surface area contributed by atoms with Crippen molar-refractivity contribution in [2.75, 3.05) is 31.5 Å². The molecule has 1 fully saturated rings. The van der Waals surface area contributed by atoms with Gasteiger partial charge in [0.05, 0.1) is 6.04 Å². The summed E-state index contributed by atoms with van der Waals surface area (Å²) in [6.45, 7) is 3.69. The fourth-order valence-corrected chi connectivity index (χ4v) is 4.21. The van der Waals surface area contributed by atoms with Crippen LogP contribution in [0.5, 0.6) is 11.5 Å². The highest BCUT2D eigenvalue weighted by molar-refractivity contribution is 5.90. The van der Waals surface area contributed by atoms with Crippen molar-refractivity contribution in [2.24, 2.45) is 0 Å². The molecule has 37 heavy (non-hydrogen) atoms. The number of nitrogens with one attached hydrogen (secondary N) is 3. The van der Waals surface area contributed by atoms with E-state index in [2.05, 4.69) is 20.9 Å². The summed E-state index contributed by atoms with van der Waals surface area (Å²) in [4.78, 5) is 27.5. The van der Waals surface area contributed by atoms with Gasteiger partial charge < -0.3 is 25.6 Å². The molecule has 1 atom stereocenters. The van der Waals surface area contributed by atoms with Crippen LogP contribution in [0.15, 0.2) is 97.1 Å². The molecule has 7 heteroatoms. The van der Waals surface area contributed by atoms with Gasteiger partial charge in [0.2, 0.25) is 5.91 Å². The number of likely N-dealkylation sites (tertiary alicyclic amines) is 1. The van der Waals surface area contributed by atoms with Gasteiger partial charge >= 0.3 is 6.03 Å². The first-order valence-corrected chi connectivity index (χ1v) is 12.8. The highest BCUT2D eigenvalue weighted by atomic mass is 16.5. The van der Waals surface area contributed by atoms with Gasteiger partial charge in [-0.15, -0.1) is 0 Å². The minimum absolute atomic E-state index is 0.159. The van der Waals surface area contributed by atoms with Gasteiger partial charge in [0.25, 0.3) is 0 Å². The van der Waals surface area contributed by atoms with Crippen LogP contribution in [0, 0.1) is 0 Å². The Morgan fingerprint density at radius 2 is 1.51 bits per heavy atom. The van der Waals surface area contributed by atoms with Crippen molar-refractivity contribution >= 4 is 17.6 Å². The predicted octanol–water partition coefficient (Wildman–Crippen LogP) is 4.98. The van der Waals surface area contributed by atoms with Crippen molar-refractivity contribution in [3.63, 3.8) is 0 Å². The lowest BCUT2D eigenvalue weighted by Gasteiger charge is -2.17. The van der Waals surface area contributed by atoms with Gasteiger partial charge in [0, 0.05) is 24.9 Å². The van der Waals surface area contributed by atoms with E-state index in [4.69, 9.17) is 4.74 Å². The number of carbonyl (C=O) groups is 2. The summed E-state index contributed by atoms with van der Waals surface area (Å²) in [6, 6.07) is 25.9. The summed E-state index contributed by atoms with van der Waals surface area (Å²) >= 11 is 0. The molecule has 192 valence electrons. The van der Waals surface area contributed by atoms with Gasteiger partial charge in [0.15, 0.2) is 0 Å². The molecule has 3 N–H and O–H groups in total. The van der Waals surface area contributed by atoms with Gasteiger partial charge in [-0.3, -0.25) is 4.79 Å². The number of benzene rings is 3. The smallest absolute Gasteiger partial charge is 0.319 e. The summed E-state index contributed by atoms with van der Waals surface area (Å²) in [7, 11) is 0. The Morgan fingerprint density at radius 3 is 2.22 bits per heavy atom. The van der Waals surface area contributed by atoms with Crippen molar-refractivity contribution < 1.29 is 14.3 Å². The molecule has 0 aromatic heterocycles. The molecule has 1 aliphatic heterocycles. The number of carbonyl (C=O) groups excluding carboxylic acids is 2. The van der Waals surface area contributed by atoms with Gasteiger partial charge in [-0.05, 0) is 74.3 Å². The highest BCUT2D eigenvalue weighted by Gasteiger charge is 2.13. The molecule has 1 heterocycles. The Kier molecular flexibility index (Phi) is 9.72. The number of urea groups is 1. The average Bonchev–Trinajstić information content (AvgIpc) is 3.43. The first-order chi connectivity index (χ1) is 18.1. The Hall–Kier alpha value is -4.10. The standard InChI is InChI=1S/C30H34N4O3/c35-29(31-19-22-34-20-7-8-21-34)18-15-26(23-24-9-3-1-4-10-24)33-30(36)32-25-13-16-28(17-14-25)37-27-11-5-2-6-12-27/h1-6,9-18,26H,7-8,19-23H2,(H,31,35)(H2,32,33,36)/b18-15+/t26-/m1/s1. The third-order valence-corrected chi connectivity index (χ3v) is 6.11. The molecular formula is C30H34N4O3. The zero-order valence-electron chi connectivity index (χ0n) is 20.9. The van der Waals surface area contributed by atoms with E-state index in [-0.39, 0.29) is 18.0 Å². The third-order valence-electron chi connectivity index (χ3n) is 6.11. The number of ether oxygens (including phenoxy) is 1. The summed E-state index contributed by atoms with van der Waals surface area (Å²) in [5, 5.41) is 8.76. The first-order valence-electron chi connectivity index (χ1n) is 12.8. The van der Waals surface area contributed by atoms with E-state index >= 15 is 0 Å². The van der Waals surface area contributed by atoms with Crippen molar-refractivity contribution in [1.29, 1.82) is 0 Å². The number of hydrogen-bond acceptors (Lipinski definition) is 4. The topological polar surface area (TPSA) is 82.7 Å². The molecule has 4 rings (SSSR count).